The standard InChI is InChI=1S/C13H26FN3/c1-11-10-17(9-8-16(11)7-6-14)13-4-2-12(15)3-5-13/h11-13H,2-10,15H2,1H3. The molecule has 1 saturated carbocycles. The Kier molecular flexibility index (Phi) is 4.77. The molecule has 3 nitrogen and oxygen atoms in total. The molecule has 0 spiro atoms. The molecule has 1 aliphatic heterocycles. The average molecular weight is 243 g/mol. The molecule has 0 radical (unpaired) electrons. The van der Waals surface area contributed by atoms with Crippen molar-refractivity contribution in [3.05, 3.63) is 0 Å². The largest absolute Gasteiger partial charge is 0.328 e. The van der Waals surface area contributed by atoms with Crippen LogP contribution in [0.15, 0.2) is 0 Å². The van der Waals surface area contributed by atoms with Gasteiger partial charge in [0.2, 0.25) is 0 Å². The average Bonchev–Trinajstić information content (AvgIpc) is 2.33. The maximum Gasteiger partial charge on any atom is 0.102 e. The molecule has 2 fully saturated rings. The third-order valence-electron chi connectivity index (χ3n) is 4.43. The van der Waals surface area contributed by atoms with E-state index in [2.05, 4.69) is 16.7 Å². The van der Waals surface area contributed by atoms with Gasteiger partial charge in [-0.2, -0.15) is 0 Å². The first kappa shape index (κ1) is 13.2. The minimum absolute atomic E-state index is 0.220. The summed E-state index contributed by atoms with van der Waals surface area (Å²) in [6.07, 6.45) is 4.83. The third kappa shape index (κ3) is 3.39. The second-order valence-corrected chi connectivity index (χ2v) is 5.64. The van der Waals surface area contributed by atoms with Crippen molar-refractivity contribution in [1.82, 2.24) is 9.80 Å². The van der Waals surface area contributed by atoms with E-state index >= 15 is 0 Å². The van der Waals surface area contributed by atoms with E-state index in [0.29, 0.717) is 18.6 Å². The number of nitrogens with two attached hydrogens (primary N) is 1. The van der Waals surface area contributed by atoms with Crippen LogP contribution in [0.25, 0.3) is 0 Å². The quantitative estimate of drug-likeness (QED) is 0.809. The minimum atomic E-state index is -0.220. The van der Waals surface area contributed by atoms with Crippen LogP contribution in [-0.4, -0.2) is 60.8 Å². The van der Waals surface area contributed by atoms with Gasteiger partial charge in [-0.05, 0) is 32.6 Å². The van der Waals surface area contributed by atoms with Gasteiger partial charge >= 0.3 is 0 Å². The molecule has 1 atom stereocenters. The summed E-state index contributed by atoms with van der Waals surface area (Å²) >= 11 is 0. The van der Waals surface area contributed by atoms with E-state index in [1.54, 1.807) is 0 Å². The predicted molar refractivity (Wildman–Crippen MR) is 68.8 cm³/mol. The molecule has 4 heteroatoms. The number of hydrogen-bond donors (Lipinski definition) is 1. The molecule has 2 rings (SSSR count). The zero-order valence-corrected chi connectivity index (χ0v) is 10.9. The smallest absolute Gasteiger partial charge is 0.102 e. The van der Waals surface area contributed by atoms with Crippen LogP contribution in [0.4, 0.5) is 4.39 Å². The van der Waals surface area contributed by atoms with Crippen molar-refractivity contribution in [2.24, 2.45) is 5.73 Å². The Morgan fingerprint density at radius 2 is 1.88 bits per heavy atom. The third-order valence-corrected chi connectivity index (χ3v) is 4.43. The SMILES string of the molecule is CC1CN(C2CCC(N)CC2)CCN1CCF. The van der Waals surface area contributed by atoms with Gasteiger partial charge in [-0.1, -0.05) is 0 Å². The fourth-order valence-electron chi connectivity index (χ4n) is 3.26. The summed E-state index contributed by atoms with van der Waals surface area (Å²) in [5.74, 6) is 0. The van der Waals surface area contributed by atoms with Gasteiger partial charge in [0.15, 0.2) is 0 Å². The van der Waals surface area contributed by atoms with Gasteiger partial charge in [-0.15, -0.1) is 0 Å². The Bertz CT molecular complexity index is 229. The van der Waals surface area contributed by atoms with Crippen LogP contribution in [0.3, 0.4) is 0 Å². The van der Waals surface area contributed by atoms with Crippen molar-refractivity contribution in [2.45, 2.75) is 50.7 Å². The number of hydrogen-bond acceptors (Lipinski definition) is 3. The van der Waals surface area contributed by atoms with Gasteiger partial charge in [0.05, 0.1) is 0 Å². The van der Waals surface area contributed by atoms with Crippen molar-refractivity contribution in [2.75, 3.05) is 32.9 Å². The van der Waals surface area contributed by atoms with Crippen LogP contribution < -0.4 is 5.73 Å². The highest BCUT2D eigenvalue weighted by Gasteiger charge is 2.30. The molecule has 0 aromatic heterocycles. The van der Waals surface area contributed by atoms with Gasteiger partial charge in [0, 0.05) is 44.3 Å². The Morgan fingerprint density at radius 1 is 1.18 bits per heavy atom. The molecular formula is C13H26FN3. The van der Waals surface area contributed by atoms with Crippen molar-refractivity contribution in [1.29, 1.82) is 0 Å². The summed E-state index contributed by atoms with van der Waals surface area (Å²) in [5, 5.41) is 0. The lowest BCUT2D eigenvalue weighted by Gasteiger charge is -2.44. The van der Waals surface area contributed by atoms with Crippen LogP contribution in [-0.2, 0) is 0 Å². The highest BCUT2D eigenvalue weighted by Crippen LogP contribution is 2.24. The summed E-state index contributed by atoms with van der Waals surface area (Å²) in [4.78, 5) is 4.87. The van der Waals surface area contributed by atoms with Crippen LogP contribution in [0, 0.1) is 0 Å². The van der Waals surface area contributed by atoms with E-state index in [-0.39, 0.29) is 6.67 Å². The van der Waals surface area contributed by atoms with Gasteiger partial charge in [0.1, 0.15) is 6.67 Å². The summed E-state index contributed by atoms with van der Waals surface area (Å²) < 4.78 is 12.4. The maximum absolute atomic E-state index is 12.4. The van der Waals surface area contributed by atoms with Gasteiger partial charge in [0.25, 0.3) is 0 Å². The molecule has 0 bridgehead atoms. The lowest BCUT2D eigenvalue weighted by molar-refractivity contribution is 0.0389. The lowest BCUT2D eigenvalue weighted by Crippen LogP contribution is -2.56. The van der Waals surface area contributed by atoms with Gasteiger partial charge in [-0.25, -0.2) is 4.39 Å². The second-order valence-electron chi connectivity index (χ2n) is 5.64. The molecule has 2 N–H and O–H groups in total. The predicted octanol–water partition coefficient (Wildman–Crippen LogP) is 1.23. The number of nitrogens with zero attached hydrogens (tertiary/aromatic N) is 2. The summed E-state index contributed by atoms with van der Waals surface area (Å²) in [6.45, 7) is 5.82. The highest BCUT2D eigenvalue weighted by molar-refractivity contribution is 4.87. The molecule has 1 unspecified atom stereocenters. The number of halogens is 1. The molecule has 17 heavy (non-hydrogen) atoms. The molecular weight excluding hydrogens is 217 g/mol. The van der Waals surface area contributed by atoms with E-state index < -0.39 is 0 Å². The molecule has 1 saturated heterocycles. The zero-order chi connectivity index (χ0) is 12.3. The highest BCUT2D eigenvalue weighted by atomic mass is 19.1. The van der Waals surface area contributed by atoms with E-state index in [9.17, 15) is 4.39 Å². The monoisotopic (exact) mass is 243 g/mol. The second kappa shape index (κ2) is 6.12. The molecule has 2 aliphatic rings. The van der Waals surface area contributed by atoms with Gasteiger partial charge in [-0.3, -0.25) is 9.80 Å². The number of rotatable bonds is 3. The molecule has 100 valence electrons. The summed E-state index contributed by atoms with van der Waals surface area (Å²) in [5.41, 5.74) is 5.95. The van der Waals surface area contributed by atoms with Crippen LogP contribution in [0.5, 0.6) is 0 Å². The Labute approximate surface area is 104 Å². The first-order valence-corrected chi connectivity index (χ1v) is 7.00. The fraction of sp³-hybridized carbons (Fsp3) is 1.00. The number of piperazine rings is 1. The van der Waals surface area contributed by atoms with Crippen molar-refractivity contribution >= 4 is 0 Å². The molecule has 1 aliphatic carbocycles. The van der Waals surface area contributed by atoms with Crippen molar-refractivity contribution in [3.63, 3.8) is 0 Å². The molecule has 1 heterocycles. The molecule has 0 aromatic rings. The van der Waals surface area contributed by atoms with Crippen LogP contribution in [0.2, 0.25) is 0 Å². The lowest BCUT2D eigenvalue weighted by atomic mass is 9.90. The van der Waals surface area contributed by atoms with E-state index in [1.165, 1.54) is 25.7 Å². The Balaban J connectivity index is 1.80. The van der Waals surface area contributed by atoms with E-state index in [4.69, 9.17) is 5.73 Å². The van der Waals surface area contributed by atoms with Crippen LogP contribution in [0.1, 0.15) is 32.6 Å². The topological polar surface area (TPSA) is 32.5 Å². The Morgan fingerprint density at radius 3 is 2.47 bits per heavy atom. The van der Waals surface area contributed by atoms with Crippen molar-refractivity contribution < 1.29 is 4.39 Å². The Hall–Kier alpha value is -0.190. The first-order chi connectivity index (χ1) is 8.20. The van der Waals surface area contributed by atoms with Gasteiger partial charge < -0.3 is 5.73 Å². The number of alkyl halides is 1. The van der Waals surface area contributed by atoms with Crippen LogP contribution >= 0.6 is 0 Å². The van der Waals surface area contributed by atoms with E-state index in [1.807, 2.05) is 0 Å². The summed E-state index contributed by atoms with van der Waals surface area (Å²) in [7, 11) is 0. The van der Waals surface area contributed by atoms with E-state index in [0.717, 1.165) is 25.7 Å². The normalized spacial score (nSPS) is 37.2. The first-order valence-electron chi connectivity index (χ1n) is 7.00. The molecule has 0 amide bonds. The summed E-state index contributed by atoms with van der Waals surface area (Å²) in [6, 6.07) is 1.65. The zero-order valence-electron chi connectivity index (χ0n) is 10.9. The maximum atomic E-state index is 12.4. The molecule has 0 aromatic carbocycles. The fourth-order valence-corrected chi connectivity index (χ4v) is 3.26. The van der Waals surface area contributed by atoms with Crippen molar-refractivity contribution in [3.8, 4) is 0 Å². The minimum Gasteiger partial charge on any atom is -0.328 e.